The summed E-state index contributed by atoms with van der Waals surface area (Å²) in [6.07, 6.45) is 5.96. The van der Waals surface area contributed by atoms with Crippen LogP contribution in [0.1, 0.15) is 78.2 Å². The van der Waals surface area contributed by atoms with E-state index in [1.807, 2.05) is 50.3 Å². The van der Waals surface area contributed by atoms with Crippen molar-refractivity contribution in [3.8, 4) is 0 Å². The lowest BCUT2D eigenvalue weighted by Crippen LogP contribution is -2.61. The molecule has 258 valence electrons. The Hall–Kier alpha value is -2.96. The summed E-state index contributed by atoms with van der Waals surface area (Å²) in [5, 5.41) is 18.6. The molecule has 1 aliphatic heterocycles. The second kappa shape index (κ2) is 16.4. The van der Waals surface area contributed by atoms with Crippen molar-refractivity contribution in [2.45, 2.75) is 88.8 Å². The Morgan fingerprint density at radius 2 is 1.81 bits per heavy atom. The lowest BCUT2D eigenvalue weighted by Gasteiger charge is -2.34. The topological polar surface area (TPSA) is 150 Å². The van der Waals surface area contributed by atoms with Crippen LogP contribution in [0.25, 0.3) is 16.8 Å². The number of halogens is 3. The van der Waals surface area contributed by atoms with E-state index in [2.05, 4.69) is 21.0 Å². The largest absolute Gasteiger partial charge is 0.460 e. The van der Waals surface area contributed by atoms with Crippen molar-refractivity contribution in [1.29, 1.82) is 0 Å². The van der Waals surface area contributed by atoms with Crippen LogP contribution >= 0.6 is 34.8 Å². The van der Waals surface area contributed by atoms with Crippen LogP contribution in [0.15, 0.2) is 36.5 Å². The summed E-state index contributed by atoms with van der Waals surface area (Å²) >= 11 is 17.0. The molecule has 2 heterocycles. The number of allylic oxidation sites excluding steroid dienone is 1. The number of aliphatic hydroxyl groups is 1. The van der Waals surface area contributed by atoms with Crippen LogP contribution in [0.5, 0.6) is 0 Å². The second-order valence-electron chi connectivity index (χ2n) is 12.9. The summed E-state index contributed by atoms with van der Waals surface area (Å²) in [5.74, 6) is -2.21. The van der Waals surface area contributed by atoms with Crippen LogP contribution in [0.2, 0.25) is 0 Å². The number of ether oxygens (including phenoxy) is 1. The van der Waals surface area contributed by atoms with E-state index >= 15 is 0 Å². The molecule has 3 amide bonds. The van der Waals surface area contributed by atoms with Gasteiger partial charge >= 0.3 is 5.97 Å². The highest BCUT2D eigenvalue weighted by Gasteiger charge is 2.34. The molecule has 4 N–H and O–H groups in total. The molecule has 1 aliphatic rings. The van der Waals surface area contributed by atoms with Crippen LogP contribution in [0.3, 0.4) is 0 Å². The summed E-state index contributed by atoms with van der Waals surface area (Å²) in [6, 6.07) is 4.98. The zero-order valence-electron chi connectivity index (χ0n) is 27.5. The standard InChI is InChI=1S/C33H44Cl3N5O6/c1-19(2)28(29(44)38-20(3)30(45)41-13-7-8-26(40-41)31(46)47-18-33(34,35)36)39-27(43)16-32(5,6)12-11-25-15-24-14-22(21(4)42)9-10-23(24)17-37-25/h9-12,14-15,17,19-21,26,28,40,42H,7-8,13,16,18H2,1-6H3,(H,38,44)(H,39,43)/t20-,21+,26-,28-/m0/s1. The number of alkyl halides is 3. The van der Waals surface area contributed by atoms with Crippen LogP contribution < -0.4 is 16.1 Å². The van der Waals surface area contributed by atoms with E-state index in [0.717, 1.165) is 16.3 Å². The average Bonchev–Trinajstić information content (AvgIpc) is 2.99. The summed E-state index contributed by atoms with van der Waals surface area (Å²) < 4.78 is 3.28. The summed E-state index contributed by atoms with van der Waals surface area (Å²) in [6.45, 7) is 10.6. The van der Waals surface area contributed by atoms with Crippen molar-refractivity contribution in [3.63, 3.8) is 0 Å². The predicted molar refractivity (Wildman–Crippen MR) is 183 cm³/mol. The van der Waals surface area contributed by atoms with Gasteiger partial charge < -0.3 is 20.5 Å². The van der Waals surface area contributed by atoms with Gasteiger partial charge in [0.1, 0.15) is 24.7 Å². The Kier molecular flexibility index (Phi) is 13.5. The number of esters is 1. The van der Waals surface area contributed by atoms with Gasteiger partial charge in [0.15, 0.2) is 0 Å². The second-order valence-corrected chi connectivity index (χ2v) is 15.5. The number of carbonyl (C=O) groups is 4. The molecule has 0 bridgehead atoms. The van der Waals surface area contributed by atoms with Gasteiger partial charge in [-0.25, -0.2) is 5.43 Å². The van der Waals surface area contributed by atoms with Crippen LogP contribution in [-0.2, 0) is 23.9 Å². The minimum atomic E-state index is -1.76. The molecule has 3 rings (SSSR count). The highest BCUT2D eigenvalue weighted by molar-refractivity contribution is 6.67. The number of pyridine rings is 1. The van der Waals surface area contributed by atoms with Crippen molar-refractivity contribution < 1.29 is 29.0 Å². The first-order chi connectivity index (χ1) is 21.8. The molecule has 0 aliphatic carbocycles. The zero-order valence-corrected chi connectivity index (χ0v) is 29.7. The number of carbonyl (C=O) groups excluding carboxylic acids is 4. The minimum absolute atomic E-state index is 0.0989. The Morgan fingerprint density at radius 1 is 1.11 bits per heavy atom. The molecule has 11 nitrogen and oxygen atoms in total. The first kappa shape index (κ1) is 38.5. The van der Waals surface area contributed by atoms with Crippen LogP contribution in [0, 0.1) is 11.3 Å². The minimum Gasteiger partial charge on any atom is -0.460 e. The molecule has 0 radical (unpaired) electrons. The average molecular weight is 713 g/mol. The number of amides is 3. The molecule has 1 saturated heterocycles. The maximum absolute atomic E-state index is 13.3. The third-order valence-electron chi connectivity index (χ3n) is 7.68. The molecule has 1 aromatic carbocycles. The fourth-order valence-corrected chi connectivity index (χ4v) is 5.20. The Morgan fingerprint density at radius 3 is 2.45 bits per heavy atom. The number of benzene rings is 1. The van der Waals surface area contributed by atoms with Crippen molar-refractivity contribution in [3.05, 3.63) is 47.8 Å². The Labute approximate surface area is 290 Å². The highest BCUT2D eigenvalue weighted by Crippen LogP contribution is 2.27. The number of hydrogen-bond acceptors (Lipinski definition) is 8. The van der Waals surface area contributed by atoms with Gasteiger partial charge in [0.2, 0.25) is 15.6 Å². The maximum Gasteiger partial charge on any atom is 0.325 e. The summed E-state index contributed by atoms with van der Waals surface area (Å²) in [4.78, 5) is 56.4. The van der Waals surface area contributed by atoms with E-state index in [0.29, 0.717) is 25.1 Å². The maximum atomic E-state index is 13.3. The smallest absolute Gasteiger partial charge is 0.325 e. The van der Waals surface area contributed by atoms with Crippen molar-refractivity contribution >= 4 is 75.3 Å². The van der Waals surface area contributed by atoms with Gasteiger partial charge in [0.25, 0.3) is 5.91 Å². The Bertz CT molecular complexity index is 1480. The van der Waals surface area contributed by atoms with Crippen LogP contribution in [-0.4, -0.2) is 73.9 Å². The third kappa shape index (κ3) is 11.9. The lowest BCUT2D eigenvalue weighted by atomic mass is 9.87. The molecule has 1 fully saturated rings. The third-order valence-corrected chi connectivity index (χ3v) is 8.01. The molecule has 2 aromatic rings. The lowest BCUT2D eigenvalue weighted by molar-refractivity contribution is -0.152. The van der Waals surface area contributed by atoms with Crippen molar-refractivity contribution in [2.24, 2.45) is 11.3 Å². The molecule has 0 saturated carbocycles. The SMILES string of the molecule is CC(C)[C@H](NC(=O)CC(C)(C)C=Cc1cc2cc([C@@H](C)O)ccc2cn1)C(=O)N[C@@H](C)C(=O)N1CCC[C@@H](C(=O)OCC(Cl)(Cl)Cl)N1. The summed E-state index contributed by atoms with van der Waals surface area (Å²) in [7, 11) is 0. The fraction of sp³-hybridized carbons (Fsp3) is 0.545. The van der Waals surface area contributed by atoms with E-state index in [1.165, 1.54) is 11.9 Å². The molecular formula is C33H44Cl3N5O6. The van der Waals surface area contributed by atoms with Gasteiger partial charge in [-0.1, -0.05) is 80.7 Å². The highest BCUT2D eigenvalue weighted by atomic mass is 35.6. The number of rotatable bonds is 12. The molecular weight excluding hydrogens is 669 g/mol. The van der Waals surface area contributed by atoms with E-state index in [-0.39, 0.29) is 18.2 Å². The van der Waals surface area contributed by atoms with E-state index in [9.17, 15) is 24.3 Å². The number of hydrogen-bond donors (Lipinski definition) is 4. The number of nitrogens with zero attached hydrogens (tertiary/aromatic N) is 2. The summed E-state index contributed by atoms with van der Waals surface area (Å²) in [5.41, 5.74) is 3.78. The fourth-order valence-electron chi connectivity index (χ4n) is 5.04. The monoisotopic (exact) mass is 711 g/mol. The van der Waals surface area contributed by atoms with Crippen LogP contribution in [0.4, 0.5) is 0 Å². The number of nitrogens with one attached hydrogen (secondary N) is 3. The van der Waals surface area contributed by atoms with Gasteiger partial charge in [0.05, 0.1) is 11.8 Å². The van der Waals surface area contributed by atoms with Gasteiger partial charge in [-0.2, -0.15) is 0 Å². The predicted octanol–water partition coefficient (Wildman–Crippen LogP) is 4.77. The van der Waals surface area contributed by atoms with Gasteiger partial charge in [-0.3, -0.25) is 29.2 Å². The van der Waals surface area contributed by atoms with Gasteiger partial charge in [-0.05, 0) is 67.2 Å². The number of hydrazine groups is 1. The van der Waals surface area contributed by atoms with Crippen molar-refractivity contribution in [2.75, 3.05) is 13.2 Å². The van der Waals surface area contributed by atoms with Gasteiger partial charge in [0, 0.05) is 24.5 Å². The van der Waals surface area contributed by atoms with Crippen molar-refractivity contribution in [1.82, 2.24) is 26.1 Å². The normalized spacial score (nSPS) is 17.8. The molecule has 0 unspecified atom stereocenters. The number of aliphatic hydroxyl groups excluding tert-OH is 1. The van der Waals surface area contributed by atoms with Gasteiger partial charge in [-0.15, -0.1) is 0 Å². The quantitative estimate of drug-likeness (QED) is 0.182. The molecule has 14 heteroatoms. The Balaban J connectivity index is 1.57. The molecule has 0 spiro atoms. The number of fused-ring (bicyclic) bond motifs is 1. The van der Waals surface area contributed by atoms with E-state index < -0.39 is 57.8 Å². The first-order valence-electron chi connectivity index (χ1n) is 15.5. The van der Waals surface area contributed by atoms with E-state index in [1.54, 1.807) is 27.0 Å². The molecule has 1 aromatic heterocycles. The molecule has 47 heavy (non-hydrogen) atoms. The van der Waals surface area contributed by atoms with E-state index in [4.69, 9.17) is 39.5 Å². The first-order valence-corrected chi connectivity index (χ1v) is 16.7. The number of aromatic nitrogens is 1. The zero-order chi connectivity index (χ0) is 35.1. The molecule has 4 atom stereocenters.